The molecule has 4 heteroatoms. The third-order valence-electron chi connectivity index (χ3n) is 5.22. The quantitative estimate of drug-likeness (QED) is 0.796. The maximum atomic E-state index is 6.66. The number of hydrogen-bond donors (Lipinski definition) is 0. The summed E-state index contributed by atoms with van der Waals surface area (Å²) in [6.45, 7) is 3.39. The summed E-state index contributed by atoms with van der Waals surface area (Å²) < 4.78 is 14.5. The molecule has 0 aliphatic carbocycles. The number of aromatic nitrogens is 1. The van der Waals surface area contributed by atoms with Crippen molar-refractivity contribution in [3.63, 3.8) is 0 Å². The highest BCUT2D eigenvalue weighted by Crippen LogP contribution is 2.43. The summed E-state index contributed by atoms with van der Waals surface area (Å²) in [5.41, 5.74) is 2.08. The highest BCUT2D eigenvalue weighted by atomic mass is 16.5. The summed E-state index contributed by atoms with van der Waals surface area (Å²) >= 11 is 0. The van der Waals surface area contributed by atoms with E-state index in [2.05, 4.69) is 39.8 Å². The number of fused-ring (bicyclic) bond motifs is 3. The number of likely N-dealkylation sites (tertiary alicyclic amines) is 1. The summed E-state index contributed by atoms with van der Waals surface area (Å²) in [7, 11) is 1.71. The lowest BCUT2D eigenvalue weighted by Crippen LogP contribution is -2.46. The summed E-state index contributed by atoms with van der Waals surface area (Å²) in [5, 5.41) is 0. The van der Waals surface area contributed by atoms with Gasteiger partial charge in [0.25, 0.3) is 0 Å². The maximum Gasteiger partial charge on any atom is 0.151 e. The summed E-state index contributed by atoms with van der Waals surface area (Å²) in [6.07, 6.45) is 9.48. The fourth-order valence-corrected chi connectivity index (χ4v) is 3.95. The zero-order chi connectivity index (χ0) is 16.6. The predicted octanol–water partition coefficient (Wildman–Crippen LogP) is 2.86. The van der Waals surface area contributed by atoms with Crippen molar-refractivity contribution in [2.75, 3.05) is 26.7 Å². The van der Waals surface area contributed by atoms with Crippen molar-refractivity contribution in [1.29, 1.82) is 0 Å². The second kappa shape index (κ2) is 5.92. The van der Waals surface area contributed by atoms with Crippen LogP contribution >= 0.6 is 0 Å². The molecule has 2 aromatic rings. The van der Waals surface area contributed by atoms with Gasteiger partial charge in [0.15, 0.2) is 5.60 Å². The van der Waals surface area contributed by atoms with E-state index in [0.717, 1.165) is 49.5 Å². The van der Waals surface area contributed by atoms with Crippen LogP contribution in [0.3, 0.4) is 0 Å². The van der Waals surface area contributed by atoms with Crippen LogP contribution in [-0.2, 0) is 12.1 Å². The topological polar surface area (TPSA) is 26.6 Å². The van der Waals surface area contributed by atoms with Crippen molar-refractivity contribution in [3.8, 4) is 23.8 Å². The third kappa shape index (κ3) is 2.37. The molecule has 124 valence electrons. The minimum Gasteiger partial charge on any atom is -0.496 e. The van der Waals surface area contributed by atoms with Gasteiger partial charge in [0.2, 0.25) is 0 Å². The van der Waals surface area contributed by atoms with E-state index in [1.165, 1.54) is 5.69 Å². The molecule has 3 heterocycles. The molecule has 4 nitrogen and oxygen atoms in total. The first kappa shape index (κ1) is 15.2. The SMILES string of the molecule is C#CCN1CCC2(CC1)Oc1cccc(OC)c1Cn1cccc12. The molecule has 1 aromatic carbocycles. The highest BCUT2D eigenvalue weighted by Gasteiger charge is 2.42. The Bertz CT molecular complexity index is 779. The van der Waals surface area contributed by atoms with Crippen molar-refractivity contribution in [3.05, 3.63) is 47.8 Å². The molecular formula is C20H22N2O2. The van der Waals surface area contributed by atoms with Crippen LogP contribution in [0.15, 0.2) is 36.5 Å². The molecule has 2 aliphatic heterocycles. The number of rotatable bonds is 2. The zero-order valence-corrected chi connectivity index (χ0v) is 14.0. The minimum absolute atomic E-state index is 0.286. The van der Waals surface area contributed by atoms with Crippen LogP contribution in [0.1, 0.15) is 24.1 Å². The van der Waals surface area contributed by atoms with E-state index in [9.17, 15) is 0 Å². The van der Waals surface area contributed by atoms with E-state index >= 15 is 0 Å². The van der Waals surface area contributed by atoms with Gasteiger partial charge in [0.05, 0.1) is 31.5 Å². The molecule has 1 fully saturated rings. The Morgan fingerprint density at radius 3 is 2.83 bits per heavy atom. The van der Waals surface area contributed by atoms with Gasteiger partial charge in [-0.05, 0) is 24.3 Å². The molecule has 0 amide bonds. The van der Waals surface area contributed by atoms with Gasteiger partial charge in [-0.15, -0.1) is 6.42 Å². The summed E-state index contributed by atoms with van der Waals surface area (Å²) in [5.74, 6) is 4.57. The van der Waals surface area contributed by atoms with Crippen LogP contribution in [0.25, 0.3) is 0 Å². The van der Waals surface area contributed by atoms with E-state index in [-0.39, 0.29) is 5.60 Å². The number of nitrogens with zero attached hydrogens (tertiary/aromatic N) is 2. The molecule has 0 unspecified atom stereocenters. The Morgan fingerprint density at radius 2 is 2.08 bits per heavy atom. The second-order valence-corrected chi connectivity index (χ2v) is 6.53. The molecule has 1 spiro atoms. The van der Waals surface area contributed by atoms with E-state index in [4.69, 9.17) is 15.9 Å². The first-order chi connectivity index (χ1) is 11.8. The van der Waals surface area contributed by atoms with Crippen molar-refractivity contribution in [2.45, 2.75) is 25.0 Å². The van der Waals surface area contributed by atoms with Gasteiger partial charge in [0, 0.05) is 32.1 Å². The average Bonchev–Trinajstić information content (AvgIpc) is 3.03. The number of hydrogen-bond acceptors (Lipinski definition) is 3. The number of ether oxygens (including phenoxy) is 2. The van der Waals surface area contributed by atoms with E-state index in [1.54, 1.807) is 7.11 Å². The van der Waals surface area contributed by atoms with Crippen molar-refractivity contribution < 1.29 is 9.47 Å². The van der Waals surface area contributed by atoms with Crippen LogP contribution in [0.2, 0.25) is 0 Å². The monoisotopic (exact) mass is 322 g/mol. The molecule has 4 rings (SSSR count). The molecule has 0 bridgehead atoms. The Hall–Kier alpha value is -2.38. The minimum atomic E-state index is -0.286. The first-order valence-electron chi connectivity index (χ1n) is 8.42. The molecule has 0 N–H and O–H groups in total. The molecular weight excluding hydrogens is 300 g/mol. The third-order valence-corrected chi connectivity index (χ3v) is 5.22. The standard InChI is InChI=1S/C20H22N2O2/c1-3-11-21-13-9-20(10-14-21)19-8-5-12-22(19)15-16-17(23-2)6-4-7-18(16)24-20/h1,4-8,12H,9-11,13-15H2,2H3. The molecule has 0 radical (unpaired) electrons. The first-order valence-corrected chi connectivity index (χ1v) is 8.42. The number of methoxy groups -OCH3 is 1. The van der Waals surface area contributed by atoms with Gasteiger partial charge in [-0.25, -0.2) is 0 Å². The lowest BCUT2D eigenvalue weighted by molar-refractivity contribution is -0.00276. The lowest BCUT2D eigenvalue weighted by atomic mass is 9.87. The molecule has 24 heavy (non-hydrogen) atoms. The predicted molar refractivity (Wildman–Crippen MR) is 93.3 cm³/mol. The molecule has 1 saturated heterocycles. The van der Waals surface area contributed by atoms with Gasteiger partial charge in [-0.2, -0.15) is 0 Å². The van der Waals surface area contributed by atoms with Gasteiger partial charge < -0.3 is 14.0 Å². The maximum absolute atomic E-state index is 6.66. The Morgan fingerprint density at radius 1 is 1.25 bits per heavy atom. The average molecular weight is 322 g/mol. The van der Waals surface area contributed by atoms with Crippen LogP contribution in [0.4, 0.5) is 0 Å². The Kier molecular flexibility index (Phi) is 3.74. The van der Waals surface area contributed by atoms with Crippen LogP contribution in [-0.4, -0.2) is 36.2 Å². The van der Waals surface area contributed by atoms with E-state index < -0.39 is 0 Å². The van der Waals surface area contributed by atoms with E-state index in [1.807, 2.05) is 12.1 Å². The molecule has 1 aromatic heterocycles. The van der Waals surface area contributed by atoms with E-state index in [0.29, 0.717) is 6.54 Å². The van der Waals surface area contributed by atoms with Crippen molar-refractivity contribution in [2.24, 2.45) is 0 Å². The van der Waals surface area contributed by atoms with Crippen LogP contribution in [0.5, 0.6) is 11.5 Å². The van der Waals surface area contributed by atoms with Gasteiger partial charge >= 0.3 is 0 Å². The number of piperidine rings is 1. The fraction of sp³-hybridized carbons (Fsp3) is 0.400. The van der Waals surface area contributed by atoms with Gasteiger partial charge in [-0.3, -0.25) is 4.90 Å². The summed E-state index contributed by atoms with van der Waals surface area (Å²) in [6, 6.07) is 10.3. The normalized spacial score (nSPS) is 18.8. The Balaban J connectivity index is 1.75. The van der Waals surface area contributed by atoms with Crippen LogP contribution < -0.4 is 9.47 Å². The molecule has 0 saturated carbocycles. The summed E-state index contributed by atoms with van der Waals surface area (Å²) in [4.78, 5) is 2.32. The van der Waals surface area contributed by atoms with Gasteiger partial charge in [-0.1, -0.05) is 12.0 Å². The zero-order valence-electron chi connectivity index (χ0n) is 14.0. The Labute approximate surface area is 143 Å². The second-order valence-electron chi connectivity index (χ2n) is 6.53. The fourth-order valence-electron chi connectivity index (χ4n) is 3.95. The lowest BCUT2D eigenvalue weighted by Gasteiger charge is -2.41. The number of benzene rings is 1. The molecule has 2 aliphatic rings. The molecule has 0 atom stereocenters. The smallest absolute Gasteiger partial charge is 0.151 e. The number of terminal acetylenes is 1. The van der Waals surface area contributed by atoms with Gasteiger partial charge in [0.1, 0.15) is 11.5 Å². The largest absolute Gasteiger partial charge is 0.496 e. The highest BCUT2D eigenvalue weighted by molar-refractivity contribution is 5.47. The van der Waals surface area contributed by atoms with Crippen LogP contribution in [0, 0.1) is 12.3 Å². The van der Waals surface area contributed by atoms with Crippen molar-refractivity contribution in [1.82, 2.24) is 9.47 Å². The van der Waals surface area contributed by atoms with Crippen molar-refractivity contribution >= 4 is 0 Å².